The van der Waals surface area contributed by atoms with E-state index >= 15 is 0 Å². The molecule has 174 valence electrons. The molecule has 0 aliphatic carbocycles. The van der Waals surface area contributed by atoms with Crippen LogP contribution in [0.25, 0.3) is 11.1 Å². The van der Waals surface area contributed by atoms with E-state index in [1.807, 2.05) is 24.3 Å². The summed E-state index contributed by atoms with van der Waals surface area (Å²) in [6.45, 7) is 19.0. The van der Waals surface area contributed by atoms with E-state index in [1.54, 1.807) is 0 Å². The summed E-state index contributed by atoms with van der Waals surface area (Å²) in [4.78, 5) is 0. The van der Waals surface area contributed by atoms with Gasteiger partial charge >= 0.3 is 0 Å². The second-order valence-corrected chi connectivity index (χ2v) is 8.32. The zero-order chi connectivity index (χ0) is 23.5. The Hall–Kier alpha value is -2.72. The van der Waals surface area contributed by atoms with E-state index in [-0.39, 0.29) is 0 Å². The van der Waals surface area contributed by atoms with Crippen molar-refractivity contribution in [3.8, 4) is 11.1 Å². The van der Waals surface area contributed by atoms with Crippen molar-refractivity contribution in [1.82, 2.24) is 0 Å². The highest BCUT2D eigenvalue weighted by atomic mass is 16.6. The van der Waals surface area contributed by atoms with Crippen LogP contribution in [0.5, 0.6) is 0 Å². The first-order valence-electron chi connectivity index (χ1n) is 11.7. The Kier molecular flexibility index (Phi) is 9.89. The molecule has 2 aromatic rings. The summed E-state index contributed by atoms with van der Waals surface area (Å²) in [5, 5.41) is 0. The minimum absolute atomic E-state index is 0.392. The Morgan fingerprint density at radius 1 is 0.636 bits per heavy atom. The standard InChI is InChI=1S/C24H26.C6H10O3/c1-5-11-19-15-9-16-20(12-6-2)23(19)24-21(13-7-3)17-10-18-22(24)14-8-4;1(5-3-8-5)7-2-6-4-9-6/h5-10,15-18H,1-4,11-14H2;5-6H,1-4H2. The van der Waals surface area contributed by atoms with Gasteiger partial charge < -0.3 is 14.2 Å². The molecule has 2 saturated heterocycles. The van der Waals surface area contributed by atoms with Gasteiger partial charge in [0, 0.05) is 0 Å². The second kappa shape index (κ2) is 13.1. The third kappa shape index (κ3) is 7.68. The summed E-state index contributed by atoms with van der Waals surface area (Å²) < 4.78 is 15.1. The lowest BCUT2D eigenvalue weighted by atomic mass is 9.84. The van der Waals surface area contributed by atoms with E-state index in [0.717, 1.165) is 52.1 Å². The SMILES string of the molecule is C(OCC1CO1)C1CO1.C=CCc1cccc(CC=C)c1-c1c(CC=C)cccc1CC=C. The van der Waals surface area contributed by atoms with E-state index in [1.165, 1.54) is 33.4 Å². The van der Waals surface area contributed by atoms with Gasteiger partial charge in [-0.2, -0.15) is 0 Å². The molecule has 2 atom stereocenters. The van der Waals surface area contributed by atoms with Gasteiger partial charge in [0.05, 0.1) is 26.4 Å². The van der Waals surface area contributed by atoms with Crippen molar-refractivity contribution in [3.63, 3.8) is 0 Å². The zero-order valence-electron chi connectivity index (χ0n) is 19.6. The third-order valence-corrected chi connectivity index (χ3v) is 5.59. The maximum absolute atomic E-state index is 5.23. The smallest absolute Gasteiger partial charge is 0.104 e. The van der Waals surface area contributed by atoms with E-state index in [0.29, 0.717) is 12.2 Å². The first-order chi connectivity index (χ1) is 16.2. The third-order valence-electron chi connectivity index (χ3n) is 5.59. The lowest BCUT2D eigenvalue weighted by Gasteiger charge is -2.20. The fourth-order valence-corrected chi connectivity index (χ4v) is 3.91. The number of ether oxygens (including phenoxy) is 3. The molecule has 0 aromatic heterocycles. The van der Waals surface area contributed by atoms with Crippen molar-refractivity contribution in [1.29, 1.82) is 0 Å². The summed E-state index contributed by atoms with van der Waals surface area (Å²) in [6, 6.07) is 13.1. The van der Waals surface area contributed by atoms with Crippen LogP contribution in [0.1, 0.15) is 22.3 Å². The minimum atomic E-state index is 0.392. The Labute approximate surface area is 199 Å². The average Bonchev–Trinajstić information content (AvgIpc) is 3.73. The predicted molar refractivity (Wildman–Crippen MR) is 138 cm³/mol. The molecule has 4 rings (SSSR count). The summed E-state index contributed by atoms with van der Waals surface area (Å²) in [5.41, 5.74) is 7.90. The zero-order valence-corrected chi connectivity index (χ0v) is 19.6. The maximum atomic E-state index is 5.23. The molecule has 0 radical (unpaired) electrons. The van der Waals surface area contributed by atoms with E-state index in [9.17, 15) is 0 Å². The van der Waals surface area contributed by atoms with Gasteiger partial charge in [-0.15, -0.1) is 26.3 Å². The van der Waals surface area contributed by atoms with Crippen LogP contribution < -0.4 is 0 Å². The van der Waals surface area contributed by atoms with Crippen molar-refractivity contribution in [2.45, 2.75) is 37.9 Å². The lowest BCUT2D eigenvalue weighted by molar-refractivity contribution is 0.102. The molecular weight excluding hydrogens is 408 g/mol. The topological polar surface area (TPSA) is 34.3 Å². The maximum Gasteiger partial charge on any atom is 0.104 e. The predicted octanol–water partition coefficient (Wildman–Crippen LogP) is 6.07. The van der Waals surface area contributed by atoms with Crippen LogP contribution in [-0.4, -0.2) is 38.6 Å². The molecule has 2 unspecified atom stereocenters. The number of hydrogen-bond donors (Lipinski definition) is 0. The molecule has 2 aliphatic rings. The number of hydrogen-bond acceptors (Lipinski definition) is 3. The Balaban J connectivity index is 0.000000280. The highest BCUT2D eigenvalue weighted by Crippen LogP contribution is 2.35. The molecule has 2 fully saturated rings. The second-order valence-electron chi connectivity index (χ2n) is 8.32. The summed E-state index contributed by atoms with van der Waals surface area (Å²) in [7, 11) is 0. The van der Waals surface area contributed by atoms with Crippen molar-refractivity contribution < 1.29 is 14.2 Å². The molecule has 33 heavy (non-hydrogen) atoms. The van der Waals surface area contributed by atoms with Gasteiger partial charge in [-0.1, -0.05) is 60.7 Å². The monoisotopic (exact) mass is 444 g/mol. The highest BCUT2D eigenvalue weighted by Gasteiger charge is 2.26. The molecule has 2 aromatic carbocycles. The van der Waals surface area contributed by atoms with Crippen LogP contribution in [0.4, 0.5) is 0 Å². The number of epoxide rings is 2. The molecule has 0 amide bonds. The number of benzene rings is 2. The first-order valence-corrected chi connectivity index (χ1v) is 11.7. The molecule has 2 aliphatic heterocycles. The van der Waals surface area contributed by atoms with Crippen LogP contribution in [0.15, 0.2) is 87.0 Å². The van der Waals surface area contributed by atoms with Crippen LogP contribution >= 0.6 is 0 Å². The van der Waals surface area contributed by atoms with Crippen LogP contribution in [0.3, 0.4) is 0 Å². The molecule has 0 bridgehead atoms. The largest absolute Gasteiger partial charge is 0.376 e. The quantitative estimate of drug-likeness (QED) is 0.278. The minimum Gasteiger partial charge on any atom is -0.376 e. The van der Waals surface area contributed by atoms with Gasteiger partial charge in [0.2, 0.25) is 0 Å². The van der Waals surface area contributed by atoms with Crippen molar-refractivity contribution >= 4 is 0 Å². The molecule has 0 spiro atoms. The summed E-state index contributed by atoms with van der Waals surface area (Å²) in [6.07, 6.45) is 12.1. The van der Waals surface area contributed by atoms with Gasteiger partial charge in [-0.3, -0.25) is 0 Å². The summed E-state index contributed by atoms with van der Waals surface area (Å²) in [5.74, 6) is 0. The van der Waals surface area contributed by atoms with E-state index < -0.39 is 0 Å². The van der Waals surface area contributed by atoms with Crippen LogP contribution in [-0.2, 0) is 39.9 Å². The van der Waals surface area contributed by atoms with E-state index in [4.69, 9.17) is 14.2 Å². The van der Waals surface area contributed by atoms with Crippen molar-refractivity contribution in [2.24, 2.45) is 0 Å². The molecule has 3 heteroatoms. The molecular formula is C30H36O3. The van der Waals surface area contributed by atoms with E-state index in [2.05, 4.69) is 62.7 Å². The Bertz CT molecular complexity index is 817. The van der Waals surface area contributed by atoms with Gasteiger partial charge in [-0.05, 0) is 59.1 Å². The van der Waals surface area contributed by atoms with Crippen LogP contribution in [0.2, 0.25) is 0 Å². The first kappa shape index (κ1) is 24.9. The normalized spacial score (nSPS) is 17.9. The lowest BCUT2D eigenvalue weighted by Crippen LogP contribution is -2.06. The average molecular weight is 445 g/mol. The van der Waals surface area contributed by atoms with Gasteiger partial charge in [0.15, 0.2) is 0 Å². The molecule has 0 saturated carbocycles. The fraction of sp³-hybridized carbons (Fsp3) is 0.333. The van der Waals surface area contributed by atoms with Crippen LogP contribution in [0, 0.1) is 0 Å². The van der Waals surface area contributed by atoms with Gasteiger partial charge in [0.1, 0.15) is 12.2 Å². The highest BCUT2D eigenvalue weighted by molar-refractivity contribution is 5.78. The fourth-order valence-electron chi connectivity index (χ4n) is 3.91. The molecule has 2 heterocycles. The Morgan fingerprint density at radius 2 is 0.939 bits per heavy atom. The number of allylic oxidation sites excluding steroid dienone is 4. The molecule has 3 nitrogen and oxygen atoms in total. The van der Waals surface area contributed by atoms with Gasteiger partial charge in [0.25, 0.3) is 0 Å². The van der Waals surface area contributed by atoms with Gasteiger partial charge in [-0.25, -0.2) is 0 Å². The van der Waals surface area contributed by atoms with Crippen molar-refractivity contribution in [2.75, 3.05) is 26.4 Å². The Morgan fingerprint density at radius 3 is 1.18 bits per heavy atom. The molecule has 0 N–H and O–H groups in total. The summed E-state index contributed by atoms with van der Waals surface area (Å²) >= 11 is 0. The number of rotatable bonds is 13. The van der Waals surface area contributed by atoms with Crippen molar-refractivity contribution in [3.05, 3.63) is 109 Å².